The maximum absolute atomic E-state index is 13.3. The Kier molecular flexibility index (Phi) is 6.38. The lowest BCUT2D eigenvalue weighted by Crippen LogP contribution is -2.52. The van der Waals surface area contributed by atoms with E-state index in [4.69, 9.17) is 4.74 Å². The zero-order valence-electron chi connectivity index (χ0n) is 18.1. The van der Waals surface area contributed by atoms with E-state index in [1.54, 1.807) is 12.1 Å². The van der Waals surface area contributed by atoms with Crippen molar-refractivity contribution in [2.75, 3.05) is 59.0 Å². The third kappa shape index (κ3) is 4.65. The van der Waals surface area contributed by atoms with Gasteiger partial charge in [-0.2, -0.15) is 0 Å². The van der Waals surface area contributed by atoms with E-state index in [1.165, 1.54) is 12.1 Å². The molecule has 2 aliphatic rings. The van der Waals surface area contributed by atoms with Gasteiger partial charge < -0.3 is 19.1 Å². The summed E-state index contributed by atoms with van der Waals surface area (Å²) < 4.78 is 20.6. The van der Waals surface area contributed by atoms with Crippen LogP contribution in [0.15, 0.2) is 30.3 Å². The molecule has 0 atom stereocenters. The van der Waals surface area contributed by atoms with E-state index in [1.807, 2.05) is 34.3 Å². The van der Waals surface area contributed by atoms with Gasteiger partial charge in [0.25, 0.3) is 5.91 Å². The van der Waals surface area contributed by atoms with Crippen molar-refractivity contribution in [3.05, 3.63) is 53.1 Å². The molecule has 0 spiro atoms. The topological polar surface area (TPSA) is 58.0 Å². The highest BCUT2D eigenvalue weighted by atomic mass is 19.1. The normalized spacial score (nSPS) is 17.8. The summed E-state index contributed by atoms with van der Waals surface area (Å²) in [4.78, 5) is 31.5. The second kappa shape index (κ2) is 9.20. The molecule has 0 saturated carbocycles. The first kappa shape index (κ1) is 21.5. The molecule has 8 heteroatoms. The zero-order chi connectivity index (χ0) is 22.0. The van der Waals surface area contributed by atoms with Crippen molar-refractivity contribution in [2.45, 2.75) is 13.8 Å². The Hall–Kier alpha value is -2.71. The molecule has 2 fully saturated rings. The maximum Gasteiger partial charge on any atom is 0.255 e. The summed E-state index contributed by atoms with van der Waals surface area (Å²) in [6.45, 7) is 9.31. The number of hydrogen-bond donors (Lipinski definition) is 0. The van der Waals surface area contributed by atoms with Crippen molar-refractivity contribution < 1.29 is 18.7 Å². The average Bonchev–Trinajstić information content (AvgIpc) is 3.09. The summed E-state index contributed by atoms with van der Waals surface area (Å²) >= 11 is 0. The molecule has 0 bridgehead atoms. The van der Waals surface area contributed by atoms with E-state index in [0.717, 1.165) is 17.1 Å². The highest BCUT2D eigenvalue weighted by molar-refractivity contribution is 5.96. The number of amides is 2. The van der Waals surface area contributed by atoms with Crippen molar-refractivity contribution in [2.24, 2.45) is 0 Å². The van der Waals surface area contributed by atoms with Crippen LogP contribution in [0.5, 0.6) is 0 Å². The number of ether oxygens (including phenoxy) is 1. The standard InChI is InChI=1S/C23H29FN4O3/c1-17-15-21(18(2)28(17)20-5-3-19(24)4-6-20)23(30)27-9-7-25(8-10-27)16-22(29)26-11-13-31-14-12-26/h3-6,15H,7-14,16H2,1-2H3. The van der Waals surface area contributed by atoms with E-state index in [0.29, 0.717) is 64.6 Å². The van der Waals surface area contributed by atoms with Crippen molar-refractivity contribution in [3.63, 3.8) is 0 Å². The molecule has 0 aliphatic carbocycles. The fraction of sp³-hybridized carbons (Fsp3) is 0.478. The minimum Gasteiger partial charge on any atom is -0.378 e. The van der Waals surface area contributed by atoms with Crippen LogP contribution in [0.1, 0.15) is 21.7 Å². The first-order valence-electron chi connectivity index (χ1n) is 10.8. The second-order valence-corrected chi connectivity index (χ2v) is 8.16. The molecule has 31 heavy (non-hydrogen) atoms. The Bertz CT molecular complexity index is 942. The van der Waals surface area contributed by atoms with Gasteiger partial charge in [-0.25, -0.2) is 4.39 Å². The van der Waals surface area contributed by atoms with Crippen LogP contribution < -0.4 is 0 Å². The van der Waals surface area contributed by atoms with Gasteiger partial charge in [0.2, 0.25) is 5.91 Å². The number of benzene rings is 1. The van der Waals surface area contributed by atoms with Gasteiger partial charge in [0, 0.05) is 56.3 Å². The first-order valence-corrected chi connectivity index (χ1v) is 10.8. The van der Waals surface area contributed by atoms with Crippen LogP contribution in [0.2, 0.25) is 0 Å². The maximum atomic E-state index is 13.3. The molecular weight excluding hydrogens is 399 g/mol. The SMILES string of the molecule is Cc1cc(C(=O)N2CCN(CC(=O)N3CCOCC3)CC2)c(C)n1-c1ccc(F)cc1. The number of carbonyl (C=O) groups excluding carboxylic acids is 2. The predicted octanol–water partition coefficient (Wildman–Crippen LogP) is 1.85. The summed E-state index contributed by atoms with van der Waals surface area (Å²) in [6, 6.07) is 8.18. The highest BCUT2D eigenvalue weighted by Crippen LogP contribution is 2.23. The van der Waals surface area contributed by atoms with Gasteiger partial charge >= 0.3 is 0 Å². The molecule has 0 radical (unpaired) electrons. The number of hydrogen-bond acceptors (Lipinski definition) is 4. The van der Waals surface area contributed by atoms with Crippen LogP contribution in [0.3, 0.4) is 0 Å². The fourth-order valence-corrected chi connectivity index (χ4v) is 4.35. The minimum atomic E-state index is -0.285. The van der Waals surface area contributed by atoms with Crippen molar-refractivity contribution >= 4 is 11.8 Å². The molecular formula is C23H29FN4O3. The van der Waals surface area contributed by atoms with Crippen molar-refractivity contribution in [1.29, 1.82) is 0 Å². The van der Waals surface area contributed by atoms with E-state index in [-0.39, 0.29) is 17.6 Å². The largest absolute Gasteiger partial charge is 0.378 e. The lowest BCUT2D eigenvalue weighted by molar-refractivity contribution is -0.136. The highest BCUT2D eigenvalue weighted by Gasteiger charge is 2.27. The van der Waals surface area contributed by atoms with Gasteiger partial charge in [0.1, 0.15) is 5.82 Å². The summed E-state index contributed by atoms with van der Waals surface area (Å²) in [5, 5.41) is 0. The third-order valence-corrected chi connectivity index (χ3v) is 6.13. The first-order chi connectivity index (χ1) is 14.9. The quantitative estimate of drug-likeness (QED) is 0.746. The Morgan fingerprint density at radius 1 is 0.935 bits per heavy atom. The average molecular weight is 429 g/mol. The summed E-state index contributed by atoms with van der Waals surface area (Å²) in [5.41, 5.74) is 3.28. The number of nitrogens with zero attached hydrogens (tertiary/aromatic N) is 4. The molecule has 3 heterocycles. The monoisotopic (exact) mass is 428 g/mol. The van der Waals surface area contributed by atoms with Gasteiger partial charge in [-0.05, 0) is 44.2 Å². The van der Waals surface area contributed by atoms with Crippen LogP contribution in [-0.4, -0.2) is 90.1 Å². The Morgan fingerprint density at radius 2 is 1.58 bits per heavy atom. The van der Waals surface area contributed by atoms with Gasteiger partial charge in [0.05, 0.1) is 25.3 Å². The molecule has 1 aromatic heterocycles. The van der Waals surface area contributed by atoms with Crippen molar-refractivity contribution in [1.82, 2.24) is 19.3 Å². The number of carbonyl (C=O) groups is 2. The Labute approximate surface area is 182 Å². The predicted molar refractivity (Wildman–Crippen MR) is 115 cm³/mol. The summed E-state index contributed by atoms with van der Waals surface area (Å²) in [7, 11) is 0. The molecule has 2 aromatic rings. The Morgan fingerprint density at radius 3 is 2.23 bits per heavy atom. The van der Waals surface area contributed by atoms with Gasteiger partial charge in [-0.3, -0.25) is 14.5 Å². The number of aryl methyl sites for hydroxylation is 1. The molecule has 0 N–H and O–H groups in total. The number of halogens is 1. The molecule has 2 aliphatic heterocycles. The van der Waals surface area contributed by atoms with Gasteiger partial charge in [-0.15, -0.1) is 0 Å². The molecule has 4 rings (SSSR count). The number of morpholine rings is 1. The van der Waals surface area contributed by atoms with Crippen LogP contribution >= 0.6 is 0 Å². The number of piperazine rings is 1. The number of aromatic nitrogens is 1. The number of rotatable bonds is 4. The third-order valence-electron chi connectivity index (χ3n) is 6.13. The molecule has 166 valence electrons. The molecule has 0 unspecified atom stereocenters. The molecule has 7 nitrogen and oxygen atoms in total. The minimum absolute atomic E-state index is 0.000572. The fourth-order valence-electron chi connectivity index (χ4n) is 4.35. The van der Waals surface area contributed by atoms with Crippen LogP contribution in [0.4, 0.5) is 4.39 Å². The zero-order valence-corrected chi connectivity index (χ0v) is 18.1. The van der Waals surface area contributed by atoms with Crippen LogP contribution in [0.25, 0.3) is 5.69 Å². The van der Waals surface area contributed by atoms with E-state index >= 15 is 0 Å². The van der Waals surface area contributed by atoms with Crippen molar-refractivity contribution in [3.8, 4) is 5.69 Å². The smallest absolute Gasteiger partial charge is 0.255 e. The summed E-state index contributed by atoms with van der Waals surface area (Å²) in [5.74, 6) is -0.154. The van der Waals surface area contributed by atoms with E-state index in [9.17, 15) is 14.0 Å². The lowest BCUT2D eigenvalue weighted by Gasteiger charge is -2.36. The van der Waals surface area contributed by atoms with E-state index in [2.05, 4.69) is 4.90 Å². The van der Waals surface area contributed by atoms with Crippen LogP contribution in [0, 0.1) is 19.7 Å². The summed E-state index contributed by atoms with van der Waals surface area (Å²) in [6.07, 6.45) is 0. The van der Waals surface area contributed by atoms with Gasteiger partial charge in [0.15, 0.2) is 0 Å². The van der Waals surface area contributed by atoms with Gasteiger partial charge in [-0.1, -0.05) is 0 Å². The Balaban J connectivity index is 1.38. The molecule has 1 aromatic carbocycles. The lowest BCUT2D eigenvalue weighted by atomic mass is 10.2. The van der Waals surface area contributed by atoms with E-state index < -0.39 is 0 Å². The molecule has 2 saturated heterocycles. The second-order valence-electron chi connectivity index (χ2n) is 8.16. The molecule has 2 amide bonds. The van der Waals surface area contributed by atoms with Crippen LogP contribution in [-0.2, 0) is 9.53 Å².